The van der Waals surface area contributed by atoms with Crippen molar-refractivity contribution in [2.75, 3.05) is 13.1 Å². The van der Waals surface area contributed by atoms with E-state index in [2.05, 4.69) is 15.0 Å². The Morgan fingerprint density at radius 3 is 2.71 bits per heavy atom. The van der Waals surface area contributed by atoms with Gasteiger partial charge < -0.3 is 19.7 Å². The van der Waals surface area contributed by atoms with Crippen molar-refractivity contribution in [3.63, 3.8) is 0 Å². The maximum atomic E-state index is 13.4. The average Bonchev–Trinajstić information content (AvgIpc) is 3.51. The number of amides is 1. The van der Waals surface area contributed by atoms with Crippen molar-refractivity contribution in [1.29, 1.82) is 0 Å². The molecule has 1 atom stereocenters. The van der Waals surface area contributed by atoms with Crippen LogP contribution in [0.4, 0.5) is 0 Å². The van der Waals surface area contributed by atoms with Crippen LogP contribution in [-0.2, 0) is 16.8 Å². The summed E-state index contributed by atoms with van der Waals surface area (Å²) in [5, 5.41) is 12.7. The number of benzene rings is 1. The Bertz CT molecular complexity index is 1380. The zero-order chi connectivity index (χ0) is 23.3. The summed E-state index contributed by atoms with van der Waals surface area (Å²) in [6.45, 7) is 0.936. The van der Waals surface area contributed by atoms with Crippen molar-refractivity contribution in [2.24, 2.45) is 0 Å². The zero-order valence-electron chi connectivity index (χ0n) is 18.4. The highest BCUT2D eigenvalue weighted by Crippen LogP contribution is 2.43. The van der Waals surface area contributed by atoms with E-state index in [4.69, 9.17) is 16.3 Å². The molecule has 8 heteroatoms. The van der Waals surface area contributed by atoms with Crippen LogP contribution in [0.3, 0.4) is 0 Å². The Kier molecular flexibility index (Phi) is 5.04. The maximum absolute atomic E-state index is 13.4. The van der Waals surface area contributed by atoms with Crippen LogP contribution in [0, 0.1) is 0 Å². The molecule has 2 N–H and O–H groups in total. The lowest BCUT2D eigenvalue weighted by atomic mass is 9.85. The first-order valence-electron chi connectivity index (χ1n) is 11.3. The highest BCUT2D eigenvalue weighted by atomic mass is 35.5. The molecular formula is C26H23ClN4O3. The number of fused-ring (bicyclic) bond motifs is 2. The van der Waals surface area contributed by atoms with E-state index in [0.29, 0.717) is 43.1 Å². The Hall–Kier alpha value is -3.42. The lowest BCUT2D eigenvalue weighted by Crippen LogP contribution is -2.49. The van der Waals surface area contributed by atoms with Gasteiger partial charge in [0.15, 0.2) is 6.10 Å². The van der Waals surface area contributed by atoms with Crippen LogP contribution in [-0.4, -0.2) is 50.1 Å². The second-order valence-electron chi connectivity index (χ2n) is 8.94. The third-order valence-electron chi connectivity index (χ3n) is 6.94. The highest BCUT2D eigenvalue weighted by molar-refractivity contribution is 6.31. The predicted molar refractivity (Wildman–Crippen MR) is 129 cm³/mol. The van der Waals surface area contributed by atoms with Gasteiger partial charge >= 0.3 is 0 Å². The van der Waals surface area contributed by atoms with Crippen molar-refractivity contribution in [1.82, 2.24) is 19.9 Å². The summed E-state index contributed by atoms with van der Waals surface area (Å²) in [5.41, 5.74) is 3.42. The number of carbonyl (C=O) groups is 1. The number of halogens is 1. The number of ether oxygens (including phenoxy) is 1. The number of piperidine rings is 1. The van der Waals surface area contributed by atoms with E-state index in [-0.39, 0.29) is 5.91 Å². The van der Waals surface area contributed by atoms with E-state index in [0.717, 1.165) is 33.3 Å². The monoisotopic (exact) mass is 474 g/mol. The number of nitrogens with zero attached hydrogens (tertiary/aromatic N) is 3. The molecule has 172 valence electrons. The van der Waals surface area contributed by atoms with E-state index in [1.165, 1.54) is 0 Å². The molecule has 1 aromatic carbocycles. The summed E-state index contributed by atoms with van der Waals surface area (Å²) in [4.78, 5) is 26.7. The third kappa shape index (κ3) is 3.52. The highest BCUT2D eigenvalue weighted by Gasteiger charge is 2.40. The minimum absolute atomic E-state index is 0.0587. The van der Waals surface area contributed by atoms with Crippen LogP contribution in [0.15, 0.2) is 61.2 Å². The van der Waals surface area contributed by atoms with Gasteiger partial charge in [0.05, 0.1) is 5.60 Å². The molecule has 7 nitrogen and oxygen atoms in total. The largest absolute Gasteiger partial charge is 0.479 e. The van der Waals surface area contributed by atoms with Crippen LogP contribution in [0.2, 0.25) is 5.02 Å². The number of likely N-dealkylation sites (tertiary alicyclic amines) is 1. The van der Waals surface area contributed by atoms with Gasteiger partial charge in [-0.05, 0) is 60.4 Å². The number of hydrogen-bond donors (Lipinski definition) is 2. The van der Waals surface area contributed by atoms with Gasteiger partial charge in [0.1, 0.15) is 11.4 Å². The number of aromatic amines is 1. The molecule has 0 aliphatic carbocycles. The molecular weight excluding hydrogens is 452 g/mol. The minimum Gasteiger partial charge on any atom is -0.479 e. The summed E-state index contributed by atoms with van der Waals surface area (Å²) in [6, 6.07) is 11.3. The lowest BCUT2D eigenvalue weighted by molar-refractivity contribution is -0.142. The number of H-pyrrole nitrogens is 1. The average molecular weight is 475 g/mol. The summed E-state index contributed by atoms with van der Waals surface area (Å²) in [5.74, 6) is 0.637. The molecule has 34 heavy (non-hydrogen) atoms. The van der Waals surface area contributed by atoms with E-state index in [1.807, 2.05) is 42.6 Å². The molecule has 1 saturated heterocycles. The number of aliphatic hydroxyl groups is 1. The second-order valence-corrected chi connectivity index (χ2v) is 9.38. The number of carbonyl (C=O) groups excluding carboxylic acids is 1. The summed E-state index contributed by atoms with van der Waals surface area (Å²) in [6.07, 6.45) is 7.77. The fraction of sp³-hybridized carbons (Fsp3) is 0.269. The Morgan fingerprint density at radius 1 is 1.12 bits per heavy atom. The minimum atomic E-state index is -0.941. The van der Waals surface area contributed by atoms with Crippen molar-refractivity contribution >= 4 is 28.5 Å². The molecule has 0 unspecified atom stereocenters. The molecule has 2 aliphatic heterocycles. The normalized spacial score (nSPS) is 19.1. The number of rotatable bonds is 3. The summed E-state index contributed by atoms with van der Waals surface area (Å²) >= 11 is 6.46. The SMILES string of the molecule is O=C([C@@H]1Cc2cc(Cl)cc(-c3ccnc4[nH]ccc34)c2O1)N1CCC(O)(c2ccncc2)CC1. The van der Waals surface area contributed by atoms with Gasteiger partial charge in [0, 0.05) is 65.8 Å². The number of nitrogens with one attached hydrogen (secondary N) is 1. The van der Waals surface area contributed by atoms with E-state index < -0.39 is 11.7 Å². The first kappa shape index (κ1) is 21.1. The van der Waals surface area contributed by atoms with Crippen LogP contribution in [0.5, 0.6) is 5.75 Å². The zero-order valence-corrected chi connectivity index (χ0v) is 19.1. The molecule has 0 radical (unpaired) electrons. The second kappa shape index (κ2) is 8.11. The third-order valence-corrected chi connectivity index (χ3v) is 7.16. The van der Waals surface area contributed by atoms with Gasteiger partial charge in [-0.1, -0.05) is 11.6 Å². The van der Waals surface area contributed by atoms with Gasteiger partial charge in [-0.15, -0.1) is 0 Å². The lowest BCUT2D eigenvalue weighted by Gasteiger charge is -2.39. The molecule has 6 rings (SSSR count). The summed E-state index contributed by atoms with van der Waals surface area (Å²) < 4.78 is 6.27. The van der Waals surface area contributed by atoms with E-state index in [9.17, 15) is 9.90 Å². The number of pyridine rings is 2. The van der Waals surface area contributed by atoms with Crippen molar-refractivity contribution < 1.29 is 14.6 Å². The molecule has 5 heterocycles. The molecule has 0 bridgehead atoms. The van der Waals surface area contributed by atoms with Crippen LogP contribution in [0.25, 0.3) is 22.2 Å². The van der Waals surface area contributed by atoms with Crippen molar-refractivity contribution in [3.05, 3.63) is 77.3 Å². The quantitative estimate of drug-likeness (QED) is 0.466. The molecule has 4 aromatic rings. The smallest absolute Gasteiger partial charge is 0.263 e. The topological polar surface area (TPSA) is 91.3 Å². The van der Waals surface area contributed by atoms with Gasteiger partial charge in [0.2, 0.25) is 0 Å². The Morgan fingerprint density at radius 2 is 1.91 bits per heavy atom. The molecule has 0 saturated carbocycles. The number of hydrogen-bond acceptors (Lipinski definition) is 5. The van der Waals surface area contributed by atoms with Crippen molar-refractivity contribution in [2.45, 2.75) is 31.0 Å². The number of aromatic nitrogens is 3. The molecule has 2 aliphatic rings. The first-order chi connectivity index (χ1) is 16.5. The first-order valence-corrected chi connectivity index (χ1v) is 11.7. The Balaban J connectivity index is 1.23. The predicted octanol–water partition coefficient (Wildman–Crippen LogP) is 4.09. The standard InChI is InChI=1S/C26H23ClN4O3/c27-18-13-16-14-22(25(32)31-11-5-26(33,6-12-31)17-1-7-28-8-2-17)34-23(16)21(15-18)19-3-9-29-24-20(19)4-10-30-24/h1-4,7-10,13,15,22,33H,5-6,11-12,14H2,(H,29,30)/t22-/m0/s1. The van der Waals surface area contributed by atoms with Gasteiger partial charge in [-0.25, -0.2) is 4.98 Å². The molecule has 1 amide bonds. The van der Waals surface area contributed by atoms with Crippen LogP contribution < -0.4 is 4.74 Å². The van der Waals surface area contributed by atoms with Gasteiger partial charge in [0.25, 0.3) is 5.91 Å². The molecule has 0 spiro atoms. The fourth-order valence-corrected chi connectivity index (χ4v) is 5.35. The van der Waals surface area contributed by atoms with Crippen molar-refractivity contribution in [3.8, 4) is 16.9 Å². The van der Waals surface area contributed by atoms with Gasteiger partial charge in [-0.2, -0.15) is 0 Å². The van der Waals surface area contributed by atoms with Crippen LogP contribution >= 0.6 is 11.6 Å². The van der Waals surface area contributed by atoms with E-state index >= 15 is 0 Å². The molecule has 1 fully saturated rings. The maximum Gasteiger partial charge on any atom is 0.263 e. The fourth-order valence-electron chi connectivity index (χ4n) is 5.11. The van der Waals surface area contributed by atoms with Gasteiger partial charge in [-0.3, -0.25) is 9.78 Å². The molecule has 3 aromatic heterocycles. The Labute approximate surface area is 201 Å². The summed E-state index contributed by atoms with van der Waals surface area (Å²) in [7, 11) is 0. The van der Waals surface area contributed by atoms with E-state index in [1.54, 1.807) is 23.5 Å². The van der Waals surface area contributed by atoms with Crippen LogP contribution in [0.1, 0.15) is 24.0 Å².